The lowest BCUT2D eigenvalue weighted by Crippen LogP contribution is -2.56. The molecule has 12 heteroatoms. The number of amides is 2. The van der Waals surface area contributed by atoms with E-state index in [2.05, 4.69) is 5.32 Å². The van der Waals surface area contributed by atoms with Crippen LogP contribution in [0.25, 0.3) is 0 Å². The highest BCUT2D eigenvalue weighted by Gasteiger charge is 2.47. The maximum atomic E-state index is 13.9. The van der Waals surface area contributed by atoms with E-state index in [0.717, 1.165) is 42.0 Å². The first-order valence-corrected chi connectivity index (χ1v) is 15.1. The number of hydrogen-bond acceptors (Lipinski definition) is 5. The fourth-order valence-corrected chi connectivity index (χ4v) is 7.31. The van der Waals surface area contributed by atoms with Gasteiger partial charge in [0.2, 0.25) is 10.0 Å². The third-order valence-electron chi connectivity index (χ3n) is 7.33. The number of nitrogens with one attached hydrogen (secondary N) is 1. The van der Waals surface area contributed by atoms with Gasteiger partial charge in [-0.15, -0.1) is 0 Å². The lowest BCUT2D eigenvalue weighted by molar-refractivity contribution is -0.138. The Kier molecular flexibility index (Phi) is 9.21. The summed E-state index contributed by atoms with van der Waals surface area (Å²) in [5, 5.41) is 12.6. The van der Waals surface area contributed by atoms with Crippen LogP contribution in [0.1, 0.15) is 54.4 Å². The lowest BCUT2D eigenvalue weighted by atomic mass is 9.82. The van der Waals surface area contributed by atoms with Gasteiger partial charge in [-0.25, -0.2) is 8.42 Å². The number of carboxylic acid groups (broad SMARTS) is 1. The van der Waals surface area contributed by atoms with Crippen LogP contribution in [0.15, 0.2) is 47.4 Å². The minimum absolute atomic E-state index is 0.0293. The molecule has 2 aromatic rings. The van der Waals surface area contributed by atoms with Gasteiger partial charge in [0, 0.05) is 24.7 Å². The van der Waals surface area contributed by atoms with Crippen molar-refractivity contribution in [2.45, 2.75) is 62.6 Å². The van der Waals surface area contributed by atoms with Gasteiger partial charge in [0.25, 0.3) is 11.8 Å². The molecule has 4 rings (SSSR count). The van der Waals surface area contributed by atoms with Crippen molar-refractivity contribution < 1.29 is 27.9 Å². The van der Waals surface area contributed by atoms with E-state index in [1.807, 2.05) is 13.0 Å². The Balaban J connectivity index is 1.71. The smallest absolute Gasteiger partial charge is 0.305 e. The molecule has 2 amide bonds. The number of carboxylic acids is 1. The van der Waals surface area contributed by atoms with Gasteiger partial charge in [-0.2, -0.15) is 4.31 Å². The second kappa shape index (κ2) is 12.2. The van der Waals surface area contributed by atoms with E-state index in [4.69, 9.17) is 23.2 Å². The predicted molar refractivity (Wildman–Crippen MR) is 147 cm³/mol. The van der Waals surface area contributed by atoms with Gasteiger partial charge in [0.1, 0.15) is 0 Å². The SMILES string of the molecule is Cc1cccc(C(=O)N2CCN(S(=O)(=O)c3ccc(Cl)c(Cl)c3)C2C(=O)NC(CC(=O)O)C2CCCCC2)c1. The van der Waals surface area contributed by atoms with Crippen LogP contribution in [-0.4, -0.2) is 65.8 Å². The van der Waals surface area contributed by atoms with E-state index in [-0.39, 0.29) is 40.4 Å². The van der Waals surface area contributed by atoms with Crippen molar-refractivity contribution in [2.75, 3.05) is 13.1 Å². The Morgan fingerprint density at radius 3 is 2.38 bits per heavy atom. The molecule has 2 N–H and O–H groups in total. The molecule has 9 nitrogen and oxygen atoms in total. The van der Waals surface area contributed by atoms with Crippen molar-refractivity contribution in [1.29, 1.82) is 0 Å². The predicted octanol–water partition coefficient (Wildman–Crippen LogP) is 4.31. The van der Waals surface area contributed by atoms with Gasteiger partial charge in [0.05, 0.1) is 21.4 Å². The Hall–Kier alpha value is -2.66. The molecule has 1 aliphatic heterocycles. The standard InChI is InChI=1S/C27H31Cl2N3O6S/c1-17-6-5-9-19(14-17)27(36)31-12-13-32(39(37,38)20-10-11-21(28)22(29)15-20)26(31)25(35)30-23(16-24(33)34)18-7-3-2-4-8-18/h5-6,9-11,14-15,18,23,26H,2-4,7-8,12-13,16H2,1H3,(H,30,35)(H,33,34). The van der Waals surface area contributed by atoms with Crippen LogP contribution in [0.3, 0.4) is 0 Å². The average Bonchev–Trinajstić information content (AvgIpc) is 3.36. The van der Waals surface area contributed by atoms with Gasteiger partial charge in [0.15, 0.2) is 6.17 Å². The summed E-state index contributed by atoms with van der Waals surface area (Å²) in [5.41, 5.74) is 1.15. The second-order valence-electron chi connectivity index (χ2n) is 10.0. The van der Waals surface area contributed by atoms with Gasteiger partial charge in [-0.3, -0.25) is 14.4 Å². The summed E-state index contributed by atoms with van der Waals surface area (Å²) in [6.07, 6.45) is 2.61. The van der Waals surface area contributed by atoms with Gasteiger partial charge in [-0.05, 0) is 56.0 Å². The minimum Gasteiger partial charge on any atom is -0.481 e. The number of benzene rings is 2. The van der Waals surface area contributed by atoms with Crippen LogP contribution in [0.4, 0.5) is 0 Å². The fourth-order valence-electron chi connectivity index (χ4n) is 5.38. The van der Waals surface area contributed by atoms with Crippen molar-refractivity contribution in [3.8, 4) is 0 Å². The van der Waals surface area contributed by atoms with Crippen molar-refractivity contribution in [3.63, 3.8) is 0 Å². The van der Waals surface area contributed by atoms with Crippen LogP contribution in [0.5, 0.6) is 0 Å². The highest BCUT2D eigenvalue weighted by Crippen LogP contribution is 2.32. The molecular weight excluding hydrogens is 565 g/mol. The fraction of sp³-hybridized carbons (Fsp3) is 0.444. The first kappa shape index (κ1) is 29.3. The molecule has 2 unspecified atom stereocenters. The van der Waals surface area contributed by atoms with E-state index in [0.29, 0.717) is 5.56 Å². The molecule has 1 heterocycles. The Morgan fingerprint density at radius 1 is 1.03 bits per heavy atom. The summed E-state index contributed by atoms with van der Waals surface area (Å²) in [7, 11) is -4.29. The van der Waals surface area contributed by atoms with Crippen molar-refractivity contribution in [2.24, 2.45) is 5.92 Å². The van der Waals surface area contributed by atoms with Crippen LogP contribution in [-0.2, 0) is 19.6 Å². The molecule has 0 radical (unpaired) electrons. The van der Waals surface area contributed by atoms with Crippen LogP contribution < -0.4 is 5.32 Å². The van der Waals surface area contributed by atoms with Gasteiger partial charge >= 0.3 is 5.97 Å². The molecule has 1 saturated carbocycles. The molecule has 1 aliphatic carbocycles. The molecule has 0 bridgehead atoms. The van der Waals surface area contributed by atoms with E-state index in [9.17, 15) is 27.9 Å². The van der Waals surface area contributed by atoms with E-state index in [1.54, 1.807) is 18.2 Å². The molecular formula is C27H31Cl2N3O6S. The number of nitrogens with zero attached hydrogens (tertiary/aromatic N) is 2. The van der Waals surface area contributed by atoms with E-state index >= 15 is 0 Å². The van der Waals surface area contributed by atoms with Gasteiger partial charge in [-0.1, -0.05) is 60.2 Å². The van der Waals surface area contributed by atoms with Gasteiger partial charge < -0.3 is 15.3 Å². The Bertz CT molecular complexity index is 1360. The zero-order valence-corrected chi connectivity index (χ0v) is 23.8. The molecule has 39 heavy (non-hydrogen) atoms. The molecule has 0 aromatic heterocycles. The molecule has 2 fully saturated rings. The summed E-state index contributed by atoms with van der Waals surface area (Å²) in [6.45, 7) is 1.66. The number of carbonyl (C=O) groups excluding carboxylic acids is 2. The number of rotatable bonds is 8. The number of sulfonamides is 1. The van der Waals surface area contributed by atoms with Crippen LogP contribution >= 0.6 is 23.2 Å². The number of hydrogen-bond donors (Lipinski definition) is 2. The maximum Gasteiger partial charge on any atom is 0.305 e. The molecule has 2 aliphatic rings. The zero-order valence-electron chi connectivity index (χ0n) is 21.5. The number of aryl methyl sites for hydroxylation is 1. The monoisotopic (exact) mass is 595 g/mol. The van der Waals surface area contributed by atoms with E-state index in [1.165, 1.54) is 23.1 Å². The van der Waals surface area contributed by atoms with E-state index < -0.39 is 40.0 Å². The van der Waals surface area contributed by atoms with Crippen LogP contribution in [0, 0.1) is 12.8 Å². The lowest BCUT2D eigenvalue weighted by Gasteiger charge is -2.34. The number of carbonyl (C=O) groups is 3. The quantitative estimate of drug-likeness (QED) is 0.468. The first-order valence-electron chi connectivity index (χ1n) is 12.9. The number of halogens is 2. The van der Waals surface area contributed by atoms with Crippen molar-refractivity contribution in [3.05, 3.63) is 63.6 Å². The Morgan fingerprint density at radius 2 is 1.74 bits per heavy atom. The zero-order chi connectivity index (χ0) is 28.3. The van der Waals surface area contributed by atoms with Crippen LogP contribution in [0.2, 0.25) is 10.0 Å². The minimum atomic E-state index is -4.29. The maximum absolute atomic E-state index is 13.9. The third-order valence-corrected chi connectivity index (χ3v) is 9.92. The summed E-state index contributed by atoms with van der Waals surface area (Å²) in [5.74, 6) is -2.36. The average molecular weight is 597 g/mol. The summed E-state index contributed by atoms with van der Waals surface area (Å²) >= 11 is 12.1. The Labute approximate surface area is 238 Å². The molecule has 2 atom stereocenters. The molecule has 210 valence electrons. The summed E-state index contributed by atoms with van der Waals surface area (Å²) < 4.78 is 28.5. The van der Waals surface area contributed by atoms with Crippen molar-refractivity contribution in [1.82, 2.24) is 14.5 Å². The highest BCUT2D eigenvalue weighted by molar-refractivity contribution is 7.89. The highest BCUT2D eigenvalue weighted by atomic mass is 35.5. The number of aliphatic carboxylic acids is 1. The molecule has 0 spiro atoms. The topological polar surface area (TPSA) is 124 Å². The first-order chi connectivity index (χ1) is 18.5. The third kappa shape index (κ3) is 6.57. The molecule has 1 saturated heterocycles. The second-order valence-corrected chi connectivity index (χ2v) is 12.7. The summed E-state index contributed by atoms with van der Waals surface area (Å²) in [4.78, 5) is 40.1. The van der Waals surface area contributed by atoms with Crippen molar-refractivity contribution >= 4 is 51.0 Å². The largest absolute Gasteiger partial charge is 0.481 e. The normalized spacial score (nSPS) is 19.6. The summed E-state index contributed by atoms with van der Waals surface area (Å²) in [6, 6.07) is 9.97. The molecule has 2 aromatic carbocycles.